The lowest BCUT2D eigenvalue weighted by Crippen LogP contribution is -2.35. The number of hydrogen-bond acceptors (Lipinski definition) is 4. The fraction of sp³-hybridized carbons (Fsp3) is 0.375. The van der Waals surface area contributed by atoms with Crippen molar-refractivity contribution in [3.8, 4) is 0 Å². The van der Waals surface area contributed by atoms with E-state index in [1.54, 1.807) is 30.1 Å². The summed E-state index contributed by atoms with van der Waals surface area (Å²) in [5.74, 6) is -0.208. The molecule has 0 aliphatic heterocycles. The standard InChI is InChI=1S/C16H22N4O3S/c1-3-9-17-16(21)14-5-7-15(8-6-14)24(22,23)19-13(2)12-20-11-4-10-18-20/h4-8,10-11,13,19H,3,9,12H2,1-2H3,(H,17,21). The SMILES string of the molecule is CCCNC(=O)c1ccc(S(=O)(=O)NC(C)Cn2cccn2)cc1. The van der Waals surface area contributed by atoms with E-state index in [1.165, 1.54) is 24.3 Å². The van der Waals surface area contributed by atoms with E-state index in [0.717, 1.165) is 6.42 Å². The molecule has 0 spiro atoms. The first kappa shape index (κ1) is 18.2. The van der Waals surface area contributed by atoms with Gasteiger partial charge in [0.1, 0.15) is 0 Å². The Hall–Kier alpha value is -2.19. The van der Waals surface area contributed by atoms with E-state index in [0.29, 0.717) is 18.7 Å². The highest BCUT2D eigenvalue weighted by Gasteiger charge is 2.18. The quantitative estimate of drug-likeness (QED) is 0.752. The molecular weight excluding hydrogens is 328 g/mol. The Kier molecular flexibility index (Phi) is 6.10. The second-order valence-corrected chi connectivity index (χ2v) is 7.24. The first-order valence-corrected chi connectivity index (χ1v) is 9.28. The fourth-order valence-corrected chi connectivity index (χ4v) is 3.42. The van der Waals surface area contributed by atoms with Crippen LogP contribution >= 0.6 is 0 Å². The minimum atomic E-state index is -3.64. The van der Waals surface area contributed by atoms with Gasteiger partial charge < -0.3 is 5.32 Å². The molecule has 2 aromatic rings. The lowest BCUT2D eigenvalue weighted by Gasteiger charge is -2.14. The maximum atomic E-state index is 12.4. The smallest absolute Gasteiger partial charge is 0.251 e. The van der Waals surface area contributed by atoms with Gasteiger partial charge in [-0.2, -0.15) is 5.10 Å². The van der Waals surface area contributed by atoms with Crippen LogP contribution in [0.15, 0.2) is 47.6 Å². The molecule has 0 aliphatic rings. The normalized spacial score (nSPS) is 12.8. The van der Waals surface area contributed by atoms with E-state index in [9.17, 15) is 13.2 Å². The van der Waals surface area contributed by atoms with Crippen molar-refractivity contribution in [2.75, 3.05) is 6.54 Å². The summed E-state index contributed by atoms with van der Waals surface area (Å²) in [4.78, 5) is 12.0. The molecule has 1 aromatic heterocycles. The Morgan fingerprint density at radius 1 is 1.29 bits per heavy atom. The van der Waals surface area contributed by atoms with Crippen molar-refractivity contribution >= 4 is 15.9 Å². The van der Waals surface area contributed by atoms with Crippen LogP contribution in [0.1, 0.15) is 30.6 Å². The van der Waals surface area contributed by atoms with Crippen LogP contribution < -0.4 is 10.0 Å². The number of aromatic nitrogens is 2. The molecule has 7 nitrogen and oxygen atoms in total. The molecule has 130 valence electrons. The number of carbonyl (C=O) groups excluding carboxylic acids is 1. The lowest BCUT2D eigenvalue weighted by molar-refractivity contribution is 0.0953. The Morgan fingerprint density at radius 2 is 2.00 bits per heavy atom. The minimum Gasteiger partial charge on any atom is -0.352 e. The average molecular weight is 350 g/mol. The van der Waals surface area contributed by atoms with Gasteiger partial charge in [0.15, 0.2) is 0 Å². The summed E-state index contributed by atoms with van der Waals surface area (Å²) in [5.41, 5.74) is 0.437. The number of sulfonamides is 1. The van der Waals surface area contributed by atoms with Crippen LogP contribution in [-0.2, 0) is 16.6 Å². The second-order valence-electron chi connectivity index (χ2n) is 5.53. The van der Waals surface area contributed by atoms with Crippen LogP contribution in [0.4, 0.5) is 0 Å². The molecule has 0 aliphatic carbocycles. The summed E-state index contributed by atoms with van der Waals surface area (Å²) < 4.78 is 29.0. The first-order valence-electron chi connectivity index (χ1n) is 7.80. The summed E-state index contributed by atoms with van der Waals surface area (Å²) >= 11 is 0. The predicted octanol–water partition coefficient (Wildman–Crippen LogP) is 1.39. The van der Waals surface area contributed by atoms with Crippen LogP contribution in [0, 0.1) is 0 Å². The van der Waals surface area contributed by atoms with Gasteiger partial charge in [-0.05, 0) is 43.7 Å². The van der Waals surface area contributed by atoms with Crippen molar-refractivity contribution in [2.24, 2.45) is 0 Å². The molecular formula is C16H22N4O3S. The highest BCUT2D eigenvalue weighted by Crippen LogP contribution is 2.11. The monoisotopic (exact) mass is 350 g/mol. The number of rotatable bonds is 8. The summed E-state index contributed by atoms with van der Waals surface area (Å²) in [6.07, 6.45) is 4.26. The minimum absolute atomic E-state index is 0.127. The van der Waals surface area contributed by atoms with Crippen LogP contribution in [-0.4, -0.2) is 36.7 Å². The van der Waals surface area contributed by atoms with E-state index in [2.05, 4.69) is 15.1 Å². The zero-order valence-electron chi connectivity index (χ0n) is 13.8. The molecule has 24 heavy (non-hydrogen) atoms. The van der Waals surface area contributed by atoms with Crippen molar-refractivity contribution in [3.05, 3.63) is 48.3 Å². The molecule has 0 fully saturated rings. The maximum absolute atomic E-state index is 12.4. The zero-order chi connectivity index (χ0) is 17.6. The molecule has 2 N–H and O–H groups in total. The van der Waals surface area contributed by atoms with Crippen LogP contribution in [0.25, 0.3) is 0 Å². The number of nitrogens with one attached hydrogen (secondary N) is 2. The summed E-state index contributed by atoms with van der Waals surface area (Å²) in [7, 11) is -3.64. The Bertz CT molecular complexity index is 755. The van der Waals surface area contributed by atoms with E-state index >= 15 is 0 Å². The van der Waals surface area contributed by atoms with Crippen molar-refractivity contribution in [1.29, 1.82) is 0 Å². The second kappa shape index (κ2) is 8.07. The number of hydrogen-bond donors (Lipinski definition) is 2. The predicted molar refractivity (Wildman–Crippen MR) is 91.1 cm³/mol. The third-order valence-electron chi connectivity index (χ3n) is 3.34. The molecule has 1 amide bonds. The molecule has 0 bridgehead atoms. The third-order valence-corrected chi connectivity index (χ3v) is 4.94. The van der Waals surface area contributed by atoms with Gasteiger partial charge in [0.2, 0.25) is 10.0 Å². The molecule has 1 atom stereocenters. The van der Waals surface area contributed by atoms with Crippen LogP contribution in [0.3, 0.4) is 0 Å². The van der Waals surface area contributed by atoms with E-state index in [1.807, 2.05) is 6.92 Å². The summed E-state index contributed by atoms with van der Waals surface area (Å²) in [6.45, 7) is 4.76. The van der Waals surface area contributed by atoms with Crippen molar-refractivity contribution in [2.45, 2.75) is 37.8 Å². The lowest BCUT2D eigenvalue weighted by atomic mass is 10.2. The topological polar surface area (TPSA) is 93.1 Å². The van der Waals surface area contributed by atoms with Gasteiger partial charge in [0.05, 0.1) is 11.4 Å². The van der Waals surface area contributed by atoms with Gasteiger partial charge >= 0.3 is 0 Å². The molecule has 1 unspecified atom stereocenters. The van der Waals surface area contributed by atoms with Crippen molar-refractivity contribution < 1.29 is 13.2 Å². The maximum Gasteiger partial charge on any atom is 0.251 e. The molecule has 8 heteroatoms. The van der Waals surface area contributed by atoms with Gasteiger partial charge in [0, 0.05) is 30.5 Å². The van der Waals surface area contributed by atoms with Crippen molar-refractivity contribution in [3.63, 3.8) is 0 Å². The summed E-state index contributed by atoms with van der Waals surface area (Å²) in [5, 5.41) is 6.80. The largest absolute Gasteiger partial charge is 0.352 e. The molecule has 0 radical (unpaired) electrons. The van der Waals surface area contributed by atoms with Crippen LogP contribution in [0.2, 0.25) is 0 Å². The molecule has 0 saturated carbocycles. The van der Waals surface area contributed by atoms with Gasteiger partial charge in [-0.1, -0.05) is 6.92 Å². The highest BCUT2D eigenvalue weighted by molar-refractivity contribution is 7.89. The number of amides is 1. The number of nitrogens with zero attached hydrogens (tertiary/aromatic N) is 2. The Labute approximate surface area is 142 Å². The van der Waals surface area contributed by atoms with E-state index < -0.39 is 10.0 Å². The molecule has 1 aromatic carbocycles. The van der Waals surface area contributed by atoms with E-state index in [4.69, 9.17) is 0 Å². The van der Waals surface area contributed by atoms with Gasteiger partial charge in [-0.15, -0.1) is 0 Å². The number of benzene rings is 1. The third kappa shape index (κ3) is 4.90. The Balaban J connectivity index is 2.02. The molecule has 1 heterocycles. The summed E-state index contributed by atoms with van der Waals surface area (Å²) in [6, 6.07) is 7.36. The fourth-order valence-electron chi connectivity index (χ4n) is 2.19. The average Bonchev–Trinajstić information content (AvgIpc) is 3.05. The Morgan fingerprint density at radius 3 is 2.58 bits per heavy atom. The number of carbonyl (C=O) groups is 1. The van der Waals surface area contributed by atoms with Gasteiger partial charge in [-0.3, -0.25) is 9.48 Å². The van der Waals surface area contributed by atoms with Crippen LogP contribution in [0.5, 0.6) is 0 Å². The van der Waals surface area contributed by atoms with Gasteiger partial charge in [0.25, 0.3) is 5.91 Å². The first-order chi connectivity index (χ1) is 11.4. The van der Waals surface area contributed by atoms with E-state index in [-0.39, 0.29) is 16.8 Å². The highest BCUT2D eigenvalue weighted by atomic mass is 32.2. The zero-order valence-corrected chi connectivity index (χ0v) is 14.6. The molecule has 0 saturated heterocycles. The molecule has 2 rings (SSSR count). The van der Waals surface area contributed by atoms with Gasteiger partial charge in [-0.25, -0.2) is 13.1 Å². The van der Waals surface area contributed by atoms with Crippen molar-refractivity contribution in [1.82, 2.24) is 19.8 Å².